The fourth-order valence-corrected chi connectivity index (χ4v) is 2.80. The van der Waals surface area contributed by atoms with Crippen molar-refractivity contribution in [2.45, 2.75) is 20.8 Å². The number of non-ortho nitro benzene ring substituents is 1. The first kappa shape index (κ1) is 21.5. The Bertz CT molecular complexity index is 967. The van der Waals surface area contributed by atoms with Crippen LogP contribution in [-0.4, -0.2) is 39.7 Å². The van der Waals surface area contributed by atoms with Gasteiger partial charge in [-0.25, -0.2) is 0 Å². The second kappa shape index (κ2) is 8.91. The van der Waals surface area contributed by atoms with Crippen molar-refractivity contribution in [2.24, 2.45) is 0 Å². The number of hydrogen-bond acceptors (Lipinski definition) is 6. The Labute approximate surface area is 166 Å². The molecule has 0 spiro atoms. The fraction of sp³-hybridized carbons (Fsp3) is 0.263. The van der Waals surface area contributed by atoms with Crippen LogP contribution in [0.25, 0.3) is 0 Å². The van der Waals surface area contributed by atoms with Crippen molar-refractivity contribution in [1.29, 1.82) is 0 Å². The van der Waals surface area contributed by atoms with Crippen LogP contribution in [0.3, 0.4) is 0 Å². The average Bonchev–Trinajstić information content (AvgIpc) is 2.69. The van der Waals surface area contributed by atoms with E-state index in [-0.39, 0.29) is 17.0 Å². The first-order valence-electron chi connectivity index (χ1n) is 8.83. The van der Waals surface area contributed by atoms with Crippen molar-refractivity contribution in [3.05, 3.63) is 73.3 Å². The molecule has 0 saturated carbocycles. The van der Waals surface area contributed by atoms with Crippen LogP contribution in [0.15, 0.2) is 36.4 Å². The highest BCUT2D eigenvalue weighted by Gasteiger charge is 2.24. The molecule has 0 atom stereocenters. The van der Waals surface area contributed by atoms with E-state index in [1.807, 2.05) is 13.8 Å². The van der Waals surface area contributed by atoms with Crippen LogP contribution in [0.2, 0.25) is 0 Å². The number of hydrogen-bond donors (Lipinski definition) is 1. The predicted octanol–water partition coefficient (Wildman–Crippen LogP) is 3.55. The van der Waals surface area contributed by atoms with Gasteiger partial charge in [0.15, 0.2) is 0 Å². The van der Waals surface area contributed by atoms with E-state index in [1.54, 1.807) is 17.0 Å². The van der Waals surface area contributed by atoms with E-state index in [0.29, 0.717) is 24.3 Å². The minimum absolute atomic E-state index is 0.0198. The van der Waals surface area contributed by atoms with E-state index < -0.39 is 27.1 Å². The number of carbonyl (C=O) groups excluding carboxylic acids is 2. The SMILES string of the molecule is CCN(CC)C(=O)c1ccc(NC(=O)c2cc([N+](=O)[O-])cc([N+](=O)[O-])c2C)cc1. The lowest BCUT2D eigenvalue weighted by Gasteiger charge is -2.18. The molecule has 0 bridgehead atoms. The average molecular weight is 400 g/mol. The number of carbonyl (C=O) groups is 2. The highest BCUT2D eigenvalue weighted by Crippen LogP contribution is 2.28. The van der Waals surface area contributed by atoms with Gasteiger partial charge < -0.3 is 10.2 Å². The molecule has 0 aliphatic rings. The minimum Gasteiger partial charge on any atom is -0.339 e. The van der Waals surface area contributed by atoms with Crippen molar-refractivity contribution in [3.63, 3.8) is 0 Å². The zero-order valence-electron chi connectivity index (χ0n) is 16.2. The summed E-state index contributed by atoms with van der Waals surface area (Å²) in [5.74, 6) is -0.866. The Morgan fingerprint density at radius 2 is 1.59 bits per heavy atom. The molecule has 0 aliphatic carbocycles. The molecule has 10 nitrogen and oxygen atoms in total. The fourth-order valence-electron chi connectivity index (χ4n) is 2.80. The van der Waals surface area contributed by atoms with E-state index in [2.05, 4.69) is 5.32 Å². The summed E-state index contributed by atoms with van der Waals surface area (Å²) < 4.78 is 0. The molecule has 0 heterocycles. The minimum atomic E-state index is -0.795. The van der Waals surface area contributed by atoms with E-state index in [0.717, 1.165) is 12.1 Å². The smallest absolute Gasteiger partial charge is 0.279 e. The summed E-state index contributed by atoms with van der Waals surface area (Å²) in [4.78, 5) is 47.2. The Balaban J connectivity index is 2.30. The normalized spacial score (nSPS) is 10.3. The standard InChI is InChI=1S/C19H20N4O6/c1-4-21(5-2)19(25)13-6-8-14(9-7-13)20-18(24)16-10-15(22(26)27)11-17(12(16)3)23(28)29/h6-11H,4-5H2,1-3H3,(H,20,24). The predicted molar refractivity (Wildman–Crippen MR) is 106 cm³/mol. The van der Waals surface area contributed by atoms with Gasteiger partial charge >= 0.3 is 0 Å². The molecule has 0 unspecified atom stereocenters. The molecule has 2 aromatic rings. The summed E-state index contributed by atoms with van der Waals surface area (Å²) in [5, 5.41) is 24.7. The Kier molecular flexibility index (Phi) is 6.60. The molecule has 2 aromatic carbocycles. The molecule has 1 N–H and O–H groups in total. The second-order valence-electron chi connectivity index (χ2n) is 6.16. The van der Waals surface area contributed by atoms with Crippen LogP contribution in [0.1, 0.15) is 40.1 Å². The van der Waals surface area contributed by atoms with Crippen molar-refractivity contribution in [3.8, 4) is 0 Å². The second-order valence-corrected chi connectivity index (χ2v) is 6.16. The molecule has 152 valence electrons. The van der Waals surface area contributed by atoms with Crippen LogP contribution in [0, 0.1) is 27.2 Å². The van der Waals surface area contributed by atoms with E-state index in [4.69, 9.17) is 0 Å². The van der Waals surface area contributed by atoms with E-state index >= 15 is 0 Å². The maximum Gasteiger partial charge on any atom is 0.279 e. The van der Waals surface area contributed by atoms with Crippen LogP contribution >= 0.6 is 0 Å². The number of nitro benzene ring substituents is 2. The van der Waals surface area contributed by atoms with Crippen molar-refractivity contribution in [2.75, 3.05) is 18.4 Å². The van der Waals surface area contributed by atoms with Gasteiger partial charge in [-0.2, -0.15) is 0 Å². The maximum atomic E-state index is 12.6. The van der Waals surface area contributed by atoms with E-state index in [1.165, 1.54) is 19.1 Å². The zero-order chi connectivity index (χ0) is 21.7. The molecule has 10 heteroatoms. The maximum absolute atomic E-state index is 12.6. The topological polar surface area (TPSA) is 136 Å². The monoisotopic (exact) mass is 400 g/mol. The molecule has 2 rings (SSSR count). The van der Waals surface area contributed by atoms with E-state index in [9.17, 15) is 29.8 Å². The summed E-state index contributed by atoms with van der Waals surface area (Å²) >= 11 is 0. The van der Waals surface area contributed by atoms with Crippen molar-refractivity contribution < 1.29 is 19.4 Å². The first-order valence-corrected chi connectivity index (χ1v) is 8.83. The molecule has 29 heavy (non-hydrogen) atoms. The number of nitrogens with zero attached hydrogens (tertiary/aromatic N) is 3. The largest absolute Gasteiger partial charge is 0.339 e. The lowest BCUT2D eigenvalue weighted by Crippen LogP contribution is -2.30. The van der Waals surface area contributed by atoms with Gasteiger partial charge in [0.1, 0.15) is 0 Å². The number of nitrogens with one attached hydrogen (secondary N) is 1. The number of rotatable bonds is 7. The van der Waals surface area contributed by atoms with Crippen LogP contribution < -0.4 is 5.32 Å². The molecule has 0 saturated heterocycles. The van der Waals surface area contributed by atoms with Gasteiger partial charge in [0.05, 0.1) is 21.5 Å². The van der Waals surface area contributed by atoms with Gasteiger partial charge in [0, 0.05) is 36.0 Å². The number of amides is 2. The van der Waals surface area contributed by atoms with Crippen molar-refractivity contribution in [1.82, 2.24) is 4.90 Å². The highest BCUT2D eigenvalue weighted by molar-refractivity contribution is 6.06. The number of nitro groups is 2. The van der Waals surface area contributed by atoms with Gasteiger partial charge in [-0.1, -0.05) is 0 Å². The molecular formula is C19H20N4O6. The van der Waals surface area contributed by atoms with Crippen LogP contribution in [0.4, 0.5) is 17.1 Å². The molecule has 0 aromatic heterocycles. The summed E-state index contributed by atoms with van der Waals surface area (Å²) in [6, 6.07) is 7.97. The van der Waals surface area contributed by atoms with Gasteiger partial charge in [-0.15, -0.1) is 0 Å². The summed E-state index contributed by atoms with van der Waals surface area (Å²) in [7, 11) is 0. The molecule has 0 radical (unpaired) electrons. The van der Waals surface area contributed by atoms with Crippen LogP contribution in [-0.2, 0) is 0 Å². The molecular weight excluding hydrogens is 380 g/mol. The summed E-state index contributed by atoms with van der Waals surface area (Å²) in [6.07, 6.45) is 0. The third-order valence-electron chi connectivity index (χ3n) is 4.46. The zero-order valence-corrected chi connectivity index (χ0v) is 16.2. The number of benzene rings is 2. The first-order chi connectivity index (χ1) is 13.7. The Morgan fingerprint density at radius 3 is 2.07 bits per heavy atom. The number of anilines is 1. The third-order valence-corrected chi connectivity index (χ3v) is 4.46. The molecule has 0 aliphatic heterocycles. The Morgan fingerprint density at radius 1 is 1.00 bits per heavy atom. The lowest BCUT2D eigenvalue weighted by atomic mass is 10.0. The summed E-state index contributed by atoms with van der Waals surface area (Å²) in [5.41, 5.74) is -0.411. The van der Waals surface area contributed by atoms with Crippen LogP contribution in [0.5, 0.6) is 0 Å². The van der Waals surface area contributed by atoms with Gasteiger partial charge in [0.2, 0.25) is 0 Å². The third kappa shape index (κ3) is 4.72. The van der Waals surface area contributed by atoms with Crippen molar-refractivity contribution >= 4 is 28.9 Å². The quantitative estimate of drug-likeness (QED) is 0.557. The van der Waals surface area contributed by atoms with Gasteiger partial charge in [-0.3, -0.25) is 29.8 Å². The Hall–Kier alpha value is -3.82. The lowest BCUT2D eigenvalue weighted by molar-refractivity contribution is -0.394. The van der Waals surface area contributed by atoms with Gasteiger partial charge in [-0.05, 0) is 45.0 Å². The summed E-state index contributed by atoms with van der Waals surface area (Å²) in [6.45, 7) is 6.23. The van der Waals surface area contributed by atoms with Gasteiger partial charge in [0.25, 0.3) is 23.2 Å². The molecule has 0 fully saturated rings. The molecule has 2 amide bonds. The highest BCUT2D eigenvalue weighted by atomic mass is 16.6.